The van der Waals surface area contributed by atoms with Crippen LogP contribution in [0.15, 0.2) is 24.3 Å². The molecule has 1 nitrogen and oxygen atoms in total. The molecule has 15 heavy (non-hydrogen) atoms. The van der Waals surface area contributed by atoms with Crippen molar-refractivity contribution >= 4 is 0 Å². The molecule has 0 saturated heterocycles. The van der Waals surface area contributed by atoms with Crippen LogP contribution in [0, 0.1) is 0 Å². The Labute approximate surface area is 84.9 Å². The van der Waals surface area contributed by atoms with E-state index in [1.54, 1.807) is 0 Å². The first-order valence-electron chi connectivity index (χ1n) is 4.42. The minimum absolute atomic E-state index is 0.00217. The van der Waals surface area contributed by atoms with E-state index < -0.39 is 24.3 Å². The highest BCUT2D eigenvalue weighted by Gasteiger charge is 2.30. The highest BCUT2D eigenvalue weighted by molar-refractivity contribution is 5.28. The van der Waals surface area contributed by atoms with E-state index >= 15 is 0 Å². The second-order valence-electron chi connectivity index (χ2n) is 3.21. The maximum absolute atomic E-state index is 12.4. The third-order valence-electron chi connectivity index (χ3n) is 2.16. The third kappa shape index (κ3) is 2.92. The molecule has 0 aromatic heterocycles. The van der Waals surface area contributed by atoms with E-state index in [1.807, 2.05) is 0 Å². The van der Waals surface area contributed by atoms with Crippen LogP contribution in [-0.2, 0) is 6.18 Å². The van der Waals surface area contributed by atoms with Crippen molar-refractivity contribution in [1.82, 2.24) is 0 Å². The monoisotopic (exact) mass is 221 g/mol. The largest absolute Gasteiger partial charge is 0.416 e. The number of alkyl halides is 4. The van der Waals surface area contributed by atoms with Gasteiger partial charge in [0.1, 0.15) is 0 Å². The van der Waals surface area contributed by atoms with E-state index in [-0.39, 0.29) is 12.1 Å². The van der Waals surface area contributed by atoms with Gasteiger partial charge in [-0.1, -0.05) is 18.2 Å². The maximum atomic E-state index is 12.4. The summed E-state index contributed by atoms with van der Waals surface area (Å²) in [6.45, 7) is -0.754. The molecule has 1 atom stereocenters. The smallest absolute Gasteiger partial charge is 0.330 e. The first kappa shape index (κ1) is 12.0. The SMILES string of the molecule is NCC(CF)c1cccc(C(F)(F)F)c1. The van der Waals surface area contributed by atoms with Crippen molar-refractivity contribution in [3.63, 3.8) is 0 Å². The lowest BCUT2D eigenvalue weighted by Crippen LogP contribution is -2.15. The fraction of sp³-hybridized carbons (Fsp3) is 0.400. The summed E-state index contributed by atoms with van der Waals surface area (Å²) < 4.78 is 49.4. The predicted molar refractivity (Wildman–Crippen MR) is 49.2 cm³/mol. The average molecular weight is 221 g/mol. The molecule has 1 aromatic rings. The van der Waals surface area contributed by atoms with Crippen LogP contribution < -0.4 is 5.73 Å². The summed E-state index contributed by atoms with van der Waals surface area (Å²) in [6.07, 6.45) is -4.40. The lowest BCUT2D eigenvalue weighted by atomic mass is 9.98. The number of rotatable bonds is 3. The Bertz CT molecular complexity index is 317. The van der Waals surface area contributed by atoms with Crippen LogP contribution in [0.25, 0.3) is 0 Å². The quantitative estimate of drug-likeness (QED) is 0.780. The van der Waals surface area contributed by atoms with E-state index in [1.165, 1.54) is 12.1 Å². The van der Waals surface area contributed by atoms with Crippen LogP contribution >= 0.6 is 0 Å². The zero-order valence-corrected chi connectivity index (χ0v) is 7.89. The fourth-order valence-corrected chi connectivity index (χ4v) is 1.26. The van der Waals surface area contributed by atoms with Gasteiger partial charge in [0.05, 0.1) is 12.2 Å². The van der Waals surface area contributed by atoms with Gasteiger partial charge < -0.3 is 5.73 Å². The first-order chi connectivity index (χ1) is 6.99. The van der Waals surface area contributed by atoms with E-state index in [0.717, 1.165) is 12.1 Å². The van der Waals surface area contributed by atoms with Crippen LogP contribution in [0.3, 0.4) is 0 Å². The number of halogens is 4. The Morgan fingerprint density at radius 2 is 1.93 bits per heavy atom. The number of hydrogen-bond donors (Lipinski definition) is 1. The van der Waals surface area contributed by atoms with Gasteiger partial charge >= 0.3 is 6.18 Å². The topological polar surface area (TPSA) is 26.0 Å². The molecule has 5 heteroatoms. The minimum Gasteiger partial charge on any atom is -0.330 e. The first-order valence-corrected chi connectivity index (χ1v) is 4.42. The van der Waals surface area contributed by atoms with Gasteiger partial charge in [-0.05, 0) is 11.6 Å². The molecule has 2 N–H and O–H groups in total. The summed E-state index contributed by atoms with van der Waals surface area (Å²) >= 11 is 0. The molecule has 0 aliphatic carbocycles. The van der Waals surface area contributed by atoms with Crippen molar-refractivity contribution in [2.24, 2.45) is 5.73 Å². The van der Waals surface area contributed by atoms with Gasteiger partial charge in [-0.3, -0.25) is 4.39 Å². The Kier molecular flexibility index (Phi) is 3.68. The van der Waals surface area contributed by atoms with Crippen LogP contribution in [0.1, 0.15) is 17.0 Å². The second-order valence-corrected chi connectivity index (χ2v) is 3.21. The summed E-state index contributed by atoms with van der Waals surface area (Å²) in [7, 11) is 0. The zero-order valence-electron chi connectivity index (χ0n) is 7.89. The van der Waals surface area contributed by atoms with Crippen LogP contribution in [0.4, 0.5) is 17.6 Å². The van der Waals surface area contributed by atoms with Crippen LogP contribution in [-0.4, -0.2) is 13.2 Å². The van der Waals surface area contributed by atoms with Gasteiger partial charge in [-0.15, -0.1) is 0 Å². The van der Waals surface area contributed by atoms with Crippen molar-refractivity contribution in [2.45, 2.75) is 12.1 Å². The van der Waals surface area contributed by atoms with Gasteiger partial charge in [0.2, 0.25) is 0 Å². The molecule has 0 spiro atoms. The number of benzene rings is 1. The highest BCUT2D eigenvalue weighted by atomic mass is 19.4. The van der Waals surface area contributed by atoms with E-state index in [0.29, 0.717) is 0 Å². The van der Waals surface area contributed by atoms with Crippen LogP contribution in [0.5, 0.6) is 0 Å². The Morgan fingerprint density at radius 3 is 2.40 bits per heavy atom. The zero-order chi connectivity index (χ0) is 11.5. The summed E-state index contributed by atoms with van der Waals surface area (Å²) in [5.74, 6) is -0.660. The molecule has 0 aliphatic heterocycles. The van der Waals surface area contributed by atoms with Crippen molar-refractivity contribution in [2.75, 3.05) is 13.2 Å². The van der Waals surface area contributed by atoms with Gasteiger partial charge in [-0.25, -0.2) is 0 Å². The van der Waals surface area contributed by atoms with Gasteiger partial charge in [0, 0.05) is 12.5 Å². The second kappa shape index (κ2) is 4.61. The molecule has 0 radical (unpaired) electrons. The highest BCUT2D eigenvalue weighted by Crippen LogP contribution is 2.31. The lowest BCUT2D eigenvalue weighted by Gasteiger charge is -2.13. The summed E-state index contributed by atoms with van der Waals surface area (Å²) in [4.78, 5) is 0. The van der Waals surface area contributed by atoms with E-state index in [9.17, 15) is 17.6 Å². The minimum atomic E-state index is -4.40. The van der Waals surface area contributed by atoms with Crippen LogP contribution in [0.2, 0.25) is 0 Å². The average Bonchev–Trinajstić information content (AvgIpc) is 2.19. The molecule has 0 saturated carbocycles. The maximum Gasteiger partial charge on any atom is 0.416 e. The van der Waals surface area contributed by atoms with Gasteiger partial charge in [-0.2, -0.15) is 13.2 Å². The molecule has 84 valence electrons. The Morgan fingerprint density at radius 1 is 1.27 bits per heavy atom. The van der Waals surface area contributed by atoms with Gasteiger partial charge in [0.15, 0.2) is 0 Å². The molecule has 0 bridgehead atoms. The molecule has 0 aliphatic rings. The summed E-state index contributed by atoms with van der Waals surface area (Å²) in [5, 5.41) is 0. The Balaban J connectivity index is 3.02. The summed E-state index contributed by atoms with van der Waals surface area (Å²) in [5.41, 5.74) is 4.77. The lowest BCUT2D eigenvalue weighted by molar-refractivity contribution is -0.137. The molecular formula is C10H11F4N. The normalized spacial score (nSPS) is 13.9. The Hall–Kier alpha value is -1.10. The van der Waals surface area contributed by atoms with Gasteiger partial charge in [0.25, 0.3) is 0 Å². The van der Waals surface area contributed by atoms with E-state index in [2.05, 4.69) is 0 Å². The summed E-state index contributed by atoms with van der Waals surface area (Å²) in [6, 6.07) is 4.61. The molecular weight excluding hydrogens is 210 g/mol. The third-order valence-corrected chi connectivity index (χ3v) is 2.16. The molecule has 1 unspecified atom stereocenters. The molecule has 0 heterocycles. The fourth-order valence-electron chi connectivity index (χ4n) is 1.26. The van der Waals surface area contributed by atoms with Crippen molar-refractivity contribution in [3.8, 4) is 0 Å². The molecule has 0 fully saturated rings. The number of hydrogen-bond acceptors (Lipinski definition) is 1. The van der Waals surface area contributed by atoms with Crippen molar-refractivity contribution in [1.29, 1.82) is 0 Å². The van der Waals surface area contributed by atoms with Crippen molar-refractivity contribution in [3.05, 3.63) is 35.4 Å². The standard InChI is InChI=1S/C10H11F4N/c11-5-8(6-15)7-2-1-3-9(4-7)10(12,13)14/h1-4,8H,5-6,15H2. The molecule has 1 rings (SSSR count). The number of nitrogens with two attached hydrogens (primary N) is 1. The van der Waals surface area contributed by atoms with Crippen molar-refractivity contribution < 1.29 is 17.6 Å². The predicted octanol–water partition coefficient (Wildman–Crippen LogP) is 2.72. The van der Waals surface area contributed by atoms with E-state index in [4.69, 9.17) is 5.73 Å². The molecule has 1 aromatic carbocycles. The molecule has 0 amide bonds.